The van der Waals surface area contributed by atoms with Crippen LogP contribution in [0.1, 0.15) is 13.3 Å². The second kappa shape index (κ2) is 5.19. The highest BCUT2D eigenvalue weighted by molar-refractivity contribution is 14.1. The average molecular weight is 306 g/mol. The smallest absolute Gasteiger partial charge is 0.344 e. The summed E-state index contributed by atoms with van der Waals surface area (Å²) in [5.74, 6) is -0.322. The maximum absolute atomic E-state index is 10.7. The molecule has 0 aliphatic carbocycles. The zero-order valence-electron chi connectivity index (χ0n) is 7.74. The van der Waals surface area contributed by atoms with Crippen LogP contribution in [0.4, 0.5) is 0 Å². The zero-order chi connectivity index (χ0) is 10.6. The second-order valence-electron chi connectivity index (χ2n) is 2.81. The fourth-order valence-electron chi connectivity index (χ4n) is 1.01. The van der Waals surface area contributed by atoms with Crippen LogP contribution < -0.4 is 4.74 Å². The van der Waals surface area contributed by atoms with Crippen LogP contribution in [0.3, 0.4) is 0 Å². The molecule has 0 amide bonds. The highest BCUT2D eigenvalue weighted by atomic mass is 127. The molecule has 0 saturated carbocycles. The van der Waals surface area contributed by atoms with E-state index in [0.717, 1.165) is 3.57 Å². The first kappa shape index (κ1) is 11.3. The predicted molar refractivity (Wildman–Crippen MR) is 61.5 cm³/mol. The molecule has 0 bridgehead atoms. The van der Waals surface area contributed by atoms with Crippen LogP contribution in [0.2, 0.25) is 0 Å². The molecule has 0 aliphatic heterocycles. The number of aliphatic carboxylic acids is 1. The van der Waals surface area contributed by atoms with Gasteiger partial charge in [0.25, 0.3) is 0 Å². The van der Waals surface area contributed by atoms with Crippen LogP contribution in [0.5, 0.6) is 5.75 Å². The van der Waals surface area contributed by atoms with Crippen molar-refractivity contribution in [3.8, 4) is 5.75 Å². The molecule has 0 unspecified atom stereocenters. The van der Waals surface area contributed by atoms with E-state index < -0.39 is 12.1 Å². The average Bonchev–Trinajstić information content (AvgIpc) is 2.14. The number of carboxylic acid groups (broad SMARTS) is 1. The number of ether oxygens (including phenoxy) is 1. The van der Waals surface area contributed by atoms with Crippen molar-refractivity contribution >= 4 is 28.6 Å². The normalized spacial score (nSPS) is 12.1. The van der Waals surface area contributed by atoms with E-state index in [1.807, 2.05) is 18.2 Å². The Hall–Kier alpha value is -0.780. The van der Waals surface area contributed by atoms with Crippen LogP contribution >= 0.6 is 22.6 Å². The Balaban J connectivity index is 2.72. The maximum atomic E-state index is 10.7. The number of carbonyl (C=O) groups is 1. The highest BCUT2D eigenvalue weighted by Gasteiger charge is 2.16. The van der Waals surface area contributed by atoms with Gasteiger partial charge in [-0.3, -0.25) is 0 Å². The van der Waals surface area contributed by atoms with Crippen LogP contribution in [0, 0.1) is 3.57 Å². The number of halogens is 1. The molecule has 1 aromatic carbocycles. The molecule has 4 heteroatoms. The number of hydrogen-bond donors (Lipinski definition) is 1. The topological polar surface area (TPSA) is 46.5 Å². The summed E-state index contributed by atoms with van der Waals surface area (Å²) in [6.07, 6.45) is -0.297. The van der Waals surface area contributed by atoms with E-state index >= 15 is 0 Å². The van der Waals surface area contributed by atoms with E-state index in [9.17, 15) is 4.79 Å². The molecule has 1 aromatic rings. The first-order valence-corrected chi connectivity index (χ1v) is 5.36. The SMILES string of the molecule is CC[C@@H](Oc1cccc(I)c1)C(=O)O. The third-order valence-electron chi connectivity index (χ3n) is 1.72. The minimum Gasteiger partial charge on any atom is -0.479 e. The fraction of sp³-hybridized carbons (Fsp3) is 0.300. The van der Waals surface area contributed by atoms with Gasteiger partial charge < -0.3 is 9.84 Å². The third-order valence-corrected chi connectivity index (χ3v) is 2.39. The summed E-state index contributed by atoms with van der Waals surface area (Å²) in [5, 5.41) is 8.78. The molecule has 0 aliphatic rings. The lowest BCUT2D eigenvalue weighted by atomic mass is 10.3. The number of hydrogen-bond acceptors (Lipinski definition) is 2. The van der Waals surface area contributed by atoms with Crippen molar-refractivity contribution < 1.29 is 14.6 Å². The van der Waals surface area contributed by atoms with E-state index in [2.05, 4.69) is 22.6 Å². The predicted octanol–water partition coefficient (Wildman–Crippen LogP) is 2.53. The molecule has 0 radical (unpaired) electrons. The number of benzene rings is 1. The maximum Gasteiger partial charge on any atom is 0.344 e. The molecule has 1 rings (SSSR count). The van der Waals surface area contributed by atoms with Crippen molar-refractivity contribution in [2.75, 3.05) is 0 Å². The Morgan fingerprint density at radius 1 is 1.64 bits per heavy atom. The fourth-order valence-corrected chi connectivity index (χ4v) is 1.53. The van der Waals surface area contributed by atoms with Gasteiger partial charge in [0.1, 0.15) is 5.75 Å². The van der Waals surface area contributed by atoms with Gasteiger partial charge in [-0.1, -0.05) is 13.0 Å². The lowest BCUT2D eigenvalue weighted by Crippen LogP contribution is -2.25. The number of rotatable bonds is 4. The molecule has 0 saturated heterocycles. The molecule has 0 spiro atoms. The van der Waals surface area contributed by atoms with Gasteiger partial charge in [0.2, 0.25) is 0 Å². The number of carboxylic acids is 1. The minimum atomic E-state index is -0.925. The van der Waals surface area contributed by atoms with E-state index in [1.54, 1.807) is 13.0 Å². The van der Waals surface area contributed by atoms with Crippen LogP contribution in [-0.2, 0) is 4.79 Å². The summed E-state index contributed by atoms with van der Waals surface area (Å²) < 4.78 is 6.33. The third kappa shape index (κ3) is 3.17. The van der Waals surface area contributed by atoms with Gasteiger partial charge in [-0.25, -0.2) is 4.79 Å². The summed E-state index contributed by atoms with van der Waals surface area (Å²) in [4.78, 5) is 10.7. The molecule has 0 fully saturated rings. The van der Waals surface area contributed by atoms with E-state index in [0.29, 0.717) is 12.2 Å². The molecular formula is C10H11IO3. The monoisotopic (exact) mass is 306 g/mol. The first-order chi connectivity index (χ1) is 6.63. The largest absolute Gasteiger partial charge is 0.479 e. The van der Waals surface area contributed by atoms with Crippen LogP contribution in [-0.4, -0.2) is 17.2 Å². The van der Waals surface area contributed by atoms with Gasteiger partial charge in [-0.15, -0.1) is 0 Å². The van der Waals surface area contributed by atoms with Crippen LogP contribution in [0.15, 0.2) is 24.3 Å². The summed E-state index contributed by atoms with van der Waals surface area (Å²) in [6.45, 7) is 1.78. The molecule has 76 valence electrons. The lowest BCUT2D eigenvalue weighted by Gasteiger charge is -2.12. The van der Waals surface area contributed by atoms with E-state index in [1.165, 1.54) is 0 Å². The van der Waals surface area contributed by atoms with Gasteiger partial charge in [0.05, 0.1) is 0 Å². The molecule has 0 aromatic heterocycles. The van der Waals surface area contributed by atoms with Gasteiger partial charge >= 0.3 is 5.97 Å². The highest BCUT2D eigenvalue weighted by Crippen LogP contribution is 2.17. The molecule has 3 nitrogen and oxygen atoms in total. The van der Waals surface area contributed by atoms with Crippen molar-refractivity contribution in [1.29, 1.82) is 0 Å². The van der Waals surface area contributed by atoms with Crippen molar-refractivity contribution in [2.45, 2.75) is 19.4 Å². The summed E-state index contributed by atoms with van der Waals surface area (Å²) in [5.41, 5.74) is 0. The Morgan fingerprint density at radius 3 is 2.86 bits per heavy atom. The van der Waals surface area contributed by atoms with Crippen LogP contribution in [0.25, 0.3) is 0 Å². The lowest BCUT2D eigenvalue weighted by molar-refractivity contribution is -0.145. The second-order valence-corrected chi connectivity index (χ2v) is 4.06. The van der Waals surface area contributed by atoms with Crippen molar-refractivity contribution in [3.63, 3.8) is 0 Å². The van der Waals surface area contributed by atoms with Gasteiger partial charge in [-0.2, -0.15) is 0 Å². The zero-order valence-corrected chi connectivity index (χ0v) is 9.89. The Bertz CT molecular complexity index is 325. The van der Waals surface area contributed by atoms with Crippen molar-refractivity contribution in [1.82, 2.24) is 0 Å². The standard InChI is InChI=1S/C10H11IO3/c1-2-9(10(12)13)14-8-5-3-4-7(11)6-8/h3-6,9H,2H2,1H3,(H,12,13)/t9-/m1/s1. The molecular weight excluding hydrogens is 295 g/mol. The van der Waals surface area contributed by atoms with Gasteiger partial charge in [0, 0.05) is 3.57 Å². The quantitative estimate of drug-likeness (QED) is 0.870. The van der Waals surface area contributed by atoms with E-state index in [-0.39, 0.29) is 0 Å². The van der Waals surface area contributed by atoms with E-state index in [4.69, 9.17) is 9.84 Å². The summed E-state index contributed by atoms with van der Waals surface area (Å²) in [7, 11) is 0. The molecule has 1 atom stereocenters. The molecule has 14 heavy (non-hydrogen) atoms. The van der Waals surface area contributed by atoms with Crippen molar-refractivity contribution in [3.05, 3.63) is 27.8 Å². The molecule has 0 heterocycles. The van der Waals surface area contributed by atoms with Gasteiger partial charge in [0.15, 0.2) is 6.10 Å². The summed E-state index contributed by atoms with van der Waals surface area (Å²) >= 11 is 2.15. The Morgan fingerprint density at radius 2 is 2.36 bits per heavy atom. The van der Waals surface area contributed by atoms with Gasteiger partial charge in [-0.05, 0) is 47.2 Å². The molecule has 1 N–H and O–H groups in total. The summed E-state index contributed by atoms with van der Waals surface area (Å²) in [6, 6.07) is 7.33. The first-order valence-electron chi connectivity index (χ1n) is 4.28. The Labute approximate surface area is 96.2 Å². The Kier molecular flexibility index (Phi) is 4.19. The minimum absolute atomic E-state index is 0.459. The van der Waals surface area contributed by atoms with Crippen molar-refractivity contribution in [2.24, 2.45) is 0 Å².